The van der Waals surface area contributed by atoms with Crippen LogP contribution in [0.25, 0.3) is 21.8 Å². The molecule has 4 rings (SSSR count). The van der Waals surface area contributed by atoms with E-state index in [0.717, 1.165) is 11.0 Å². The Morgan fingerprint density at radius 3 is 2.20 bits per heavy atom. The van der Waals surface area contributed by atoms with Crippen LogP contribution in [0.1, 0.15) is 12.0 Å². The van der Waals surface area contributed by atoms with Crippen molar-refractivity contribution in [1.29, 1.82) is 0 Å². The Hall–Kier alpha value is -1.36. The molecule has 0 atom stereocenters. The molecule has 0 aliphatic heterocycles. The Kier molecular flexibility index (Phi) is 6.86. The van der Waals surface area contributed by atoms with Gasteiger partial charge in [-0.15, -0.1) is 0 Å². The van der Waals surface area contributed by atoms with Crippen LogP contribution in [0.5, 0.6) is 0 Å². The zero-order valence-electron chi connectivity index (χ0n) is 15.5. The first kappa shape index (κ1) is 21.9. The predicted octanol–water partition coefficient (Wildman–Crippen LogP) is 6.85. The van der Waals surface area contributed by atoms with E-state index in [4.69, 9.17) is 23.2 Å². The maximum atomic E-state index is 12.4. The quantitative estimate of drug-likeness (QED) is 0.142. The normalized spacial score (nSPS) is 11.6. The highest BCUT2D eigenvalue weighted by molar-refractivity contribution is 14.1. The van der Waals surface area contributed by atoms with Gasteiger partial charge < -0.3 is 4.57 Å². The third-order valence-electron chi connectivity index (χ3n) is 4.71. The molecule has 1 amide bonds. The molecule has 0 bridgehead atoms. The summed E-state index contributed by atoms with van der Waals surface area (Å²) < 4.78 is 4.56. The van der Waals surface area contributed by atoms with Gasteiger partial charge in [0.25, 0.3) is 0 Å². The van der Waals surface area contributed by atoms with Gasteiger partial charge in [-0.1, -0.05) is 29.3 Å². The molecule has 4 aromatic rings. The summed E-state index contributed by atoms with van der Waals surface area (Å²) in [6.07, 6.45) is 1.82. The number of carbonyl (C=O) groups excluding carboxylic acids is 1. The number of halogens is 4. The molecule has 0 aliphatic rings. The summed E-state index contributed by atoms with van der Waals surface area (Å²) in [5.74, 6) is -0.164. The second kappa shape index (κ2) is 9.42. The van der Waals surface area contributed by atoms with E-state index >= 15 is 0 Å². The summed E-state index contributed by atoms with van der Waals surface area (Å²) in [7, 11) is 0. The molecule has 3 aromatic carbocycles. The van der Waals surface area contributed by atoms with E-state index in [1.807, 2.05) is 0 Å². The number of benzene rings is 3. The number of nitrogens with one attached hydrogen (secondary N) is 1. The number of rotatable bonds is 5. The zero-order valence-corrected chi connectivity index (χ0v) is 21.3. The highest BCUT2D eigenvalue weighted by atomic mass is 127. The summed E-state index contributed by atoms with van der Waals surface area (Å²) in [5.41, 5.74) is 5.50. The summed E-state index contributed by atoms with van der Waals surface area (Å²) in [5, 5.41) is 7.45. The molecule has 4 nitrogen and oxygen atoms in total. The highest BCUT2D eigenvalue weighted by Gasteiger charge is 2.12. The van der Waals surface area contributed by atoms with E-state index in [-0.39, 0.29) is 5.91 Å². The molecule has 1 N–H and O–H groups in total. The number of amides is 1. The van der Waals surface area contributed by atoms with Gasteiger partial charge in [0.1, 0.15) is 0 Å². The molecule has 30 heavy (non-hydrogen) atoms. The molecule has 0 saturated heterocycles. The van der Waals surface area contributed by atoms with Crippen LogP contribution < -0.4 is 5.43 Å². The lowest BCUT2D eigenvalue weighted by Crippen LogP contribution is -2.19. The monoisotopic (exact) mass is 661 g/mol. The van der Waals surface area contributed by atoms with Crippen LogP contribution in [0.3, 0.4) is 0 Å². The van der Waals surface area contributed by atoms with Crippen molar-refractivity contribution in [3.63, 3.8) is 0 Å². The minimum absolute atomic E-state index is 0.164. The first-order valence-electron chi connectivity index (χ1n) is 9.06. The first-order chi connectivity index (χ1) is 14.4. The van der Waals surface area contributed by atoms with Crippen LogP contribution in [-0.2, 0) is 11.3 Å². The SMILES string of the molecule is O=C(CCn1c2ccc(I)cc2c2cc(I)ccc21)N/N=C\c1ccc(Cl)cc1Cl. The van der Waals surface area contributed by atoms with Crippen LogP contribution >= 0.6 is 68.4 Å². The number of hydrogen-bond donors (Lipinski definition) is 1. The topological polar surface area (TPSA) is 46.4 Å². The van der Waals surface area contributed by atoms with E-state index in [1.165, 1.54) is 24.1 Å². The smallest absolute Gasteiger partial charge is 0.241 e. The molecule has 8 heteroatoms. The van der Waals surface area contributed by atoms with Crippen molar-refractivity contribution < 1.29 is 4.79 Å². The second-order valence-corrected chi connectivity index (χ2v) is 10.0. The summed E-state index contributed by atoms with van der Waals surface area (Å²) >= 11 is 16.7. The minimum Gasteiger partial charge on any atom is -0.340 e. The lowest BCUT2D eigenvalue weighted by molar-refractivity contribution is -0.121. The lowest BCUT2D eigenvalue weighted by Gasteiger charge is -2.07. The third-order valence-corrected chi connectivity index (χ3v) is 6.61. The number of hydrogen-bond acceptors (Lipinski definition) is 2. The Bertz CT molecular complexity index is 1240. The van der Waals surface area contributed by atoms with Gasteiger partial charge in [0.05, 0.1) is 11.2 Å². The van der Waals surface area contributed by atoms with Crippen molar-refractivity contribution in [2.75, 3.05) is 0 Å². The van der Waals surface area contributed by atoms with E-state index in [9.17, 15) is 4.79 Å². The lowest BCUT2D eigenvalue weighted by atomic mass is 10.2. The largest absolute Gasteiger partial charge is 0.340 e. The van der Waals surface area contributed by atoms with E-state index in [0.29, 0.717) is 28.6 Å². The molecule has 1 heterocycles. The Balaban J connectivity index is 1.51. The third kappa shape index (κ3) is 4.76. The molecule has 1 aromatic heterocycles. The number of carbonyl (C=O) groups is 1. The van der Waals surface area contributed by atoms with E-state index in [2.05, 4.69) is 96.7 Å². The Morgan fingerprint density at radius 2 is 1.60 bits per heavy atom. The van der Waals surface area contributed by atoms with Gasteiger partial charge >= 0.3 is 0 Å². The molecular weight excluding hydrogens is 647 g/mol. The van der Waals surface area contributed by atoms with Gasteiger partial charge in [0.15, 0.2) is 0 Å². The number of aromatic nitrogens is 1. The van der Waals surface area contributed by atoms with Gasteiger partial charge in [-0.3, -0.25) is 4.79 Å². The van der Waals surface area contributed by atoms with Crippen LogP contribution in [0.2, 0.25) is 10.0 Å². The van der Waals surface area contributed by atoms with Crippen molar-refractivity contribution in [3.8, 4) is 0 Å². The fraction of sp³-hybridized carbons (Fsp3) is 0.0909. The average Bonchev–Trinajstić information content (AvgIpc) is 3.00. The first-order valence-corrected chi connectivity index (χ1v) is 12.0. The molecule has 152 valence electrons. The predicted molar refractivity (Wildman–Crippen MR) is 142 cm³/mol. The standard InChI is InChI=1S/C22H15Cl2I2N3O/c23-14-2-1-13(19(24)9-14)12-27-28-22(30)7-8-29-20-5-3-15(25)10-17(20)18-11-16(26)4-6-21(18)29/h1-6,9-12H,7-8H2,(H,28,30)/b27-12-. The van der Waals surface area contributed by atoms with Crippen LogP contribution in [0.15, 0.2) is 59.7 Å². The second-order valence-electron chi connectivity index (χ2n) is 6.68. The van der Waals surface area contributed by atoms with Crippen molar-refractivity contribution in [3.05, 3.63) is 77.3 Å². The van der Waals surface area contributed by atoms with Gasteiger partial charge in [0.2, 0.25) is 5.91 Å². The average molecular weight is 662 g/mol. The fourth-order valence-electron chi connectivity index (χ4n) is 3.34. The number of nitrogens with zero attached hydrogens (tertiary/aromatic N) is 2. The van der Waals surface area contributed by atoms with Gasteiger partial charge in [-0.25, -0.2) is 5.43 Å². The van der Waals surface area contributed by atoms with Crippen LogP contribution in [0, 0.1) is 7.14 Å². The van der Waals surface area contributed by atoms with Gasteiger partial charge in [-0.2, -0.15) is 5.10 Å². The number of hydrazone groups is 1. The molecule has 0 unspecified atom stereocenters. The zero-order chi connectivity index (χ0) is 21.3. The van der Waals surface area contributed by atoms with E-state index < -0.39 is 0 Å². The number of aryl methyl sites for hydroxylation is 1. The van der Waals surface area contributed by atoms with Crippen LogP contribution in [0.4, 0.5) is 0 Å². The summed E-state index contributed by atoms with van der Waals surface area (Å²) in [6.45, 7) is 0.560. The van der Waals surface area contributed by atoms with Crippen molar-refractivity contribution in [1.82, 2.24) is 9.99 Å². The van der Waals surface area contributed by atoms with Gasteiger partial charge in [-0.05, 0) is 93.7 Å². The molecule has 0 saturated carbocycles. The van der Waals surface area contributed by atoms with E-state index in [1.54, 1.807) is 18.2 Å². The highest BCUT2D eigenvalue weighted by Crippen LogP contribution is 2.31. The summed E-state index contributed by atoms with van der Waals surface area (Å²) in [6, 6.07) is 17.9. The molecular formula is C22H15Cl2I2N3O. The fourth-order valence-corrected chi connectivity index (χ4v) is 4.78. The summed E-state index contributed by atoms with van der Waals surface area (Å²) in [4.78, 5) is 12.4. The Morgan fingerprint density at radius 1 is 0.967 bits per heavy atom. The van der Waals surface area contributed by atoms with Gasteiger partial charge in [0, 0.05) is 52.5 Å². The maximum Gasteiger partial charge on any atom is 0.241 e. The van der Waals surface area contributed by atoms with Crippen molar-refractivity contribution in [2.45, 2.75) is 13.0 Å². The maximum absolute atomic E-state index is 12.4. The molecule has 0 spiro atoms. The Labute approximate surface area is 210 Å². The van der Waals surface area contributed by atoms with Crippen molar-refractivity contribution >= 4 is 102 Å². The minimum atomic E-state index is -0.164. The number of fused-ring (bicyclic) bond motifs is 3. The molecule has 0 radical (unpaired) electrons. The molecule has 0 fully saturated rings. The van der Waals surface area contributed by atoms with Crippen LogP contribution in [-0.4, -0.2) is 16.7 Å². The van der Waals surface area contributed by atoms with Crippen molar-refractivity contribution in [2.24, 2.45) is 5.10 Å². The molecule has 0 aliphatic carbocycles.